The molecule has 0 amide bonds. The molecular weight excluding hydrogens is 272 g/mol. The van der Waals surface area contributed by atoms with E-state index in [1.54, 1.807) is 12.1 Å². The summed E-state index contributed by atoms with van der Waals surface area (Å²) in [5, 5.41) is 0. The second kappa shape index (κ2) is 6.14. The van der Waals surface area contributed by atoms with Crippen molar-refractivity contribution in [3.05, 3.63) is 24.3 Å². The number of sulfone groups is 1. The smallest absolute Gasteiger partial charge is 0.178 e. The predicted molar refractivity (Wildman–Crippen MR) is 82.8 cm³/mol. The van der Waals surface area contributed by atoms with Crippen molar-refractivity contribution in [1.82, 2.24) is 0 Å². The van der Waals surface area contributed by atoms with Gasteiger partial charge in [-0.05, 0) is 43.0 Å². The molecule has 0 aromatic heterocycles. The van der Waals surface area contributed by atoms with Crippen LogP contribution in [0.3, 0.4) is 0 Å². The topological polar surface area (TPSA) is 63.4 Å². The molecule has 4 nitrogen and oxygen atoms in total. The Morgan fingerprint density at radius 2 is 1.95 bits per heavy atom. The van der Waals surface area contributed by atoms with Gasteiger partial charge >= 0.3 is 0 Å². The van der Waals surface area contributed by atoms with E-state index in [0.717, 1.165) is 25.2 Å². The second-order valence-electron chi connectivity index (χ2n) is 5.69. The van der Waals surface area contributed by atoms with E-state index >= 15 is 0 Å². The molecule has 1 aliphatic rings. The summed E-state index contributed by atoms with van der Waals surface area (Å²) >= 11 is 0. The average molecular weight is 296 g/mol. The van der Waals surface area contributed by atoms with E-state index in [2.05, 4.69) is 11.8 Å². The molecule has 0 spiro atoms. The number of hydrogen-bond donors (Lipinski definition) is 1. The van der Waals surface area contributed by atoms with Crippen LogP contribution in [0.5, 0.6) is 0 Å². The molecule has 1 heterocycles. The van der Waals surface area contributed by atoms with Crippen LogP contribution in [-0.4, -0.2) is 33.3 Å². The first kappa shape index (κ1) is 15.3. The maximum Gasteiger partial charge on any atom is 0.178 e. The fourth-order valence-corrected chi connectivity index (χ4v) is 3.97. The van der Waals surface area contributed by atoms with Crippen molar-refractivity contribution in [2.45, 2.75) is 37.6 Å². The molecule has 1 aliphatic heterocycles. The third-order valence-corrected chi connectivity index (χ3v) is 5.94. The fraction of sp³-hybridized carbons (Fsp3) is 0.600. The quantitative estimate of drug-likeness (QED) is 0.923. The Hall–Kier alpha value is -1.07. The molecule has 5 heteroatoms. The maximum absolute atomic E-state index is 12.0. The molecule has 2 N–H and O–H groups in total. The average Bonchev–Trinajstić information content (AvgIpc) is 2.42. The van der Waals surface area contributed by atoms with Gasteiger partial charge in [-0.3, -0.25) is 0 Å². The van der Waals surface area contributed by atoms with Gasteiger partial charge in [0.05, 0.1) is 10.6 Å². The van der Waals surface area contributed by atoms with Crippen molar-refractivity contribution < 1.29 is 8.42 Å². The van der Waals surface area contributed by atoms with Gasteiger partial charge in [-0.25, -0.2) is 8.42 Å². The Labute approximate surface area is 121 Å². The molecular formula is C15H24N2O2S. The van der Waals surface area contributed by atoms with Crippen LogP contribution >= 0.6 is 0 Å². The molecule has 1 aromatic rings. The van der Waals surface area contributed by atoms with Gasteiger partial charge in [0.15, 0.2) is 9.84 Å². The zero-order valence-electron chi connectivity index (χ0n) is 12.2. The molecule has 0 radical (unpaired) electrons. The van der Waals surface area contributed by atoms with Gasteiger partial charge in [0.1, 0.15) is 0 Å². The van der Waals surface area contributed by atoms with E-state index in [1.165, 1.54) is 0 Å². The highest BCUT2D eigenvalue weighted by atomic mass is 32.2. The molecule has 1 saturated heterocycles. The third-order valence-electron chi connectivity index (χ3n) is 4.01. The second-order valence-corrected chi connectivity index (χ2v) is 7.80. The summed E-state index contributed by atoms with van der Waals surface area (Å²) in [6.07, 6.45) is 1.63. The van der Waals surface area contributed by atoms with Crippen LogP contribution in [0.15, 0.2) is 29.2 Å². The standard InChI is InChI=1S/C15H24N2O2S/c1-3-10-20(18,19)14-6-4-13(5-7-14)17-9-8-15(16)12(2)11-17/h4-7,12,15H,3,8-11,16H2,1-2H3. The first-order valence-electron chi connectivity index (χ1n) is 7.27. The Balaban J connectivity index is 2.13. The lowest BCUT2D eigenvalue weighted by molar-refractivity contribution is 0.383. The molecule has 20 heavy (non-hydrogen) atoms. The predicted octanol–water partition coefficient (Wildman–Crippen LogP) is 2.04. The summed E-state index contributed by atoms with van der Waals surface area (Å²) < 4.78 is 24.0. The van der Waals surface area contributed by atoms with Crippen LogP contribution in [0.4, 0.5) is 5.69 Å². The van der Waals surface area contributed by atoms with Crippen molar-refractivity contribution in [3.8, 4) is 0 Å². The Morgan fingerprint density at radius 1 is 1.30 bits per heavy atom. The number of piperidine rings is 1. The minimum absolute atomic E-state index is 0.210. The molecule has 0 saturated carbocycles. The first-order chi connectivity index (χ1) is 9.44. The summed E-state index contributed by atoms with van der Waals surface area (Å²) in [5.41, 5.74) is 7.11. The van der Waals surface area contributed by atoms with Crippen LogP contribution in [0.25, 0.3) is 0 Å². The van der Waals surface area contributed by atoms with E-state index in [4.69, 9.17) is 5.73 Å². The maximum atomic E-state index is 12.0. The lowest BCUT2D eigenvalue weighted by Gasteiger charge is -2.36. The third kappa shape index (κ3) is 3.33. The van der Waals surface area contributed by atoms with Crippen LogP contribution in [0.2, 0.25) is 0 Å². The summed E-state index contributed by atoms with van der Waals surface area (Å²) in [5.74, 6) is 0.675. The van der Waals surface area contributed by atoms with Crippen molar-refractivity contribution in [2.75, 3.05) is 23.7 Å². The Kier molecular flexibility index (Phi) is 4.70. The van der Waals surface area contributed by atoms with Gasteiger partial charge in [-0.15, -0.1) is 0 Å². The number of hydrogen-bond acceptors (Lipinski definition) is 4. The number of nitrogens with zero attached hydrogens (tertiary/aromatic N) is 1. The Bertz CT molecular complexity index is 539. The van der Waals surface area contributed by atoms with E-state index in [9.17, 15) is 8.42 Å². The Morgan fingerprint density at radius 3 is 2.50 bits per heavy atom. The lowest BCUT2D eigenvalue weighted by atomic mass is 9.94. The van der Waals surface area contributed by atoms with Gasteiger partial charge in [0.25, 0.3) is 0 Å². The fourth-order valence-electron chi connectivity index (χ4n) is 2.65. The number of benzene rings is 1. The van der Waals surface area contributed by atoms with Crippen LogP contribution < -0.4 is 10.6 Å². The van der Waals surface area contributed by atoms with Crippen molar-refractivity contribution in [1.29, 1.82) is 0 Å². The van der Waals surface area contributed by atoms with Crippen molar-refractivity contribution >= 4 is 15.5 Å². The highest BCUT2D eigenvalue weighted by Gasteiger charge is 2.23. The highest BCUT2D eigenvalue weighted by Crippen LogP contribution is 2.24. The zero-order valence-corrected chi connectivity index (χ0v) is 13.1. The van der Waals surface area contributed by atoms with Gasteiger partial charge in [0.2, 0.25) is 0 Å². The molecule has 2 rings (SSSR count). The summed E-state index contributed by atoms with van der Waals surface area (Å²) in [7, 11) is -3.12. The van der Waals surface area contributed by atoms with Crippen LogP contribution in [0, 0.1) is 5.92 Å². The lowest BCUT2D eigenvalue weighted by Crippen LogP contribution is -2.45. The molecule has 2 atom stereocenters. The van der Waals surface area contributed by atoms with Gasteiger partial charge in [0, 0.05) is 24.8 Å². The number of rotatable bonds is 4. The van der Waals surface area contributed by atoms with Gasteiger partial charge in [-0.1, -0.05) is 13.8 Å². The number of anilines is 1. The van der Waals surface area contributed by atoms with E-state index in [-0.39, 0.29) is 11.8 Å². The SMILES string of the molecule is CCCS(=O)(=O)c1ccc(N2CCC(N)C(C)C2)cc1. The molecule has 1 fully saturated rings. The van der Waals surface area contributed by atoms with Gasteiger partial charge in [-0.2, -0.15) is 0 Å². The monoisotopic (exact) mass is 296 g/mol. The molecule has 0 aliphatic carbocycles. The summed E-state index contributed by atoms with van der Waals surface area (Å²) in [6, 6.07) is 7.53. The molecule has 2 unspecified atom stereocenters. The highest BCUT2D eigenvalue weighted by molar-refractivity contribution is 7.91. The van der Waals surface area contributed by atoms with E-state index < -0.39 is 9.84 Å². The summed E-state index contributed by atoms with van der Waals surface area (Å²) in [4.78, 5) is 2.70. The van der Waals surface area contributed by atoms with Gasteiger partial charge < -0.3 is 10.6 Å². The van der Waals surface area contributed by atoms with Crippen molar-refractivity contribution in [2.24, 2.45) is 11.7 Å². The molecule has 1 aromatic carbocycles. The number of nitrogens with two attached hydrogens (primary N) is 1. The van der Waals surface area contributed by atoms with E-state index in [0.29, 0.717) is 17.2 Å². The molecule has 112 valence electrons. The molecule has 0 bridgehead atoms. The van der Waals surface area contributed by atoms with Crippen molar-refractivity contribution in [3.63, 3.8) is 0 Å². The van der Waals surface area contributed by atoms with Crippen LogP contribution in [-0.2, 0) is 9.84 Å². The first-order valence-corrected chi connectivity index (χ1v) is 8.92. The minimum Gasteiger partial charge on any atom is -0.371 e. The largest absolute Gasteiger partial charge is 0.371 e. The zero-order chi connectivity index (χ0) is 14.8. The normalized spacial score (nSPS) is 23.9. The van der Waals surface area contributed by atoms with Crippen LogP contribution in [0.1, 0.15) is 26.7 Å². The minimum atomic E-state index is -3.12. The van der Waals surface area contributed by atoms with E-state index in [1.807, 2.05) is 19.1 Å². The summed E-state index contributed by atoms with van der Waals surface area (Å²) in [6.45, 7) is 5.91.